The molecule has 6 rings (SSSR count). The number of alkyl halides is 1. The fourth-order valence-electron chi connectivity index (χ4n) is 4.15. The molecule has 4 aliphatic rings. The molecular weight excluding hydrogens is 271 g/mol. The van der Waals surface area contributed by atoms with Gasteiger partial charge in [-0.1, -0.05) is 0 Å². The number of nitrogens with zero attached hydrogens (tertiary/aromatic N) is 2. The molecule has 0 atom stereocenters. The van der Waals surface area contributed by atoms with Gasteiger partial charge in [-0.3, -0.25) is 4.79 Å². The van der Waals surface area contributed by atoms with Crippen molar-refractivity contribution in [2.45, 2.75) is 37.0 Å². The van der Waals surface area contributed by atoms with E-state index in [4.69, 9.17) is 0 Å². The van der Waals surface area contributed by atoms with Crippen LogP contribution in [0, 0.1) is 0 Å². The molecule has 3 fully saturated rings. The first kappa shape index (κ1) is 11.5. The van der Waals surface area contributed by atoms with E-state index in [-0.39, 0.29) is 11.4 Å². The highest BCUT2D eigenvalue weighted by molar-refractivity contribution is 6.02. The zero-order valence-electron chi connectivity index (χ0n) is 11.4. The van der Waals surface area contributed by atoms with Crippen LogP contribution in [0.1, 0.15) is 29.8 Å². The molecule has 0 radical (unpaired) electrons. The summed E-state index contributed by atoms with van der Waals surface area (Å²) in [6.45, 7) is 1.50. The van der Waals surface area contributed by atoms with Gasteiger partial charge < -0.3 is 15.2 Å². The van der Waals surface area contributed by atoms with Gasteiger partial charge in [0.05, 0.1) is 5.52 Å². The van der Waals surface area contributed by atoms with Gasteiger partial charge in [-0.15, -0.1) is 0 Å². The SMILES string of the molecule is O=C(NC12CC(F)(C1)C2)c1cc2ccnc3c2n1CCN3. The number of nitrogens with one attached hydrogen (secondary N) is 2. The Morgan fingerprint density at radius 2 is 2.24 bits per heavy atom. The summed E-state index contributed by atoms with van der Waals surface area (Å²) in [7, 11) is 0. The summed E-state index contributed by atoms with van der Waals surface area (Å²) in [4.78, 5) is 16.9. The topological polar surface area (TPSA) is 59.0 Å². The maximum atomic E-state index is 13.6. The molecule has 6 heteroatoms. The highest BCUT2D eigenvalue weighted by Gasteiger charge is 2.70. The molecule has 3 saturated carbocycles. The van der Waals surface area contributed by atoms with E-state index in [9.17, 15) is 9.18 Å². The fourth-order valence-corrected chi connectivity index (χ4v) is 4.15. The third-order valence-corrected chi connectivity index (χ3v) is 5.01. The van der Waals surface area contributed by atoms with E-state index in [1.807, 2.05) is 16.7 Å². The molecule has 3 aliphatic carbocycles. The number of halogens is 1. The second-order valence-corrected chi connectivity index (χ2v) is 6.62. The smallest absolute Gasteiger partial charge is 0.268 e. The molecule has 2 aromatic rings. The van der Waals surface area contributed by atoms with Gasteiger partial charge in [0.1, 0.15) is 11.4 Å². The summed E-state index contributed by atoms with van der Waals surface area (Å²) < 4.78 is 15.6. The summed E-state index contributed by atoms with van der Waals surface area (Å²) in [5.41, 5.74) is 0.357. The lowest BCUT2D eigenvalue weighted by Gasteiger charge is -2.65. The largest absolute Gasteiger partial charge is 0.367 e. The minimum Gasteiger partial charge on any atom is -0.367 e. The van der Waals surface area contributed by atoms with E-state index in [0.717, 1.165) is 29.8 Å². The van der Waals surface area contributed by atoms with Crippen LogP contribution in [0.2, 0.25) is 0 Å². The molecule has 1 aliphatic heterocycles. The van der Waals surface area contributed by atoms with Gasteiger partial charge >= 0.3 is 0 Å². The van der Waals surface area contributed by atoms with Crippen molar-refractivity contribution >= 4 is 22.6 Å². The predicted octanol–water partition coefficient (Wildman–Crippen LogP) is 1.84. The Kier molecular flexibility index (Phi) is 1.85. The van der Waals surface area contributed by atoms with Gasteiger partial charge in [0.25, 0.3) is 5.91 Å². The van der Waals surface area contributed by atoms with Gasteiger partial charge in [0.15, 0.2) is 5.82 Å². The molecule has 5 nitrogen and oxygen atoms in total. The summed E-state index contributed by atoms with van der Waals surface area (Å²) in [6, 6.07) is 3.82. The van der Waals surface area contributed by atoms with Crippen molar-refractivity contribution in [1.82, 2.24) is 14.9 Å². The average Bonchev–Trinajstić information content (AvgIpc) is 2.78. The van der Waals surface area contributed by atoms with Crippen LogP contribution in [-0.2, 0) is 6.54 Å². The number of carbonyl (C=O) groups is 1. The lowest BCUT2D eigenvalue weighted by Crippen LogP contribution is -2.76. The molecule has 1 amide bonds. The molecule has 0 saturated heterocycles. The first-order valence-corrected chi connectivity index (χ1v) is 7.31. The molecular formula is C15H15FN4O. The number of hydrogen-bond donors (Lipinski definition) is 2. The number of aromatic nitrogens is 2. The third kappa shape index (κ3) is 1.40. The van der Waals surface area contributed by atoms with Gasteiger partial charge in [-0.25, -0.2) is 9.37 Å². The normalized spacial score (nSPS) is 32.0. The van der Waals surface area contributed by atoms with E-state index < -0.39 is 5.67 Å². The number of hydrogen-bond acceptors (Lipinski definition) is 3. The molecule has 2 N–H and O–H groups in total. The van der Waals surface area contributed by atoms with Gasteiger partial charge in [0, 0.05) is 49.5 Å². The van der Waals surface area contributed by atoms with Crippen molar-refractivity contribution in [2.75, 3.05) is 11.9 Å². The van der Waals surface area contributed by atoms with Gasteiger partial charge in [0.2, 0.25) is 0 Å². The van der Waals surface area contributed by atoms with Gasteiger partial charge in [-0.2, -0.15) is 0 Å². The lowest BCUT2D eigenvalue weighted by atomic mass is 9.47. The lowest BCUT2D eigenvalue weighted by molar-refractivity contribution is -0.162. The second-order valence-electron chi connectivity index (χ2n) is 6.62. The zero-order chi connectivity index (χ0) is 14.2. The summed E-state index contributed by atoms with van der Waals surface area (Å²) >= 11 is 0. The summed E-state index contributed by atoms with van der Waals surface area (Å²) in [5, 5.41) is 7.30. The highest BCUT2D eigenvalue weighted by atomic mass is 19.1. The van der Waals surface area contributed by atoms with E-state index in [0.29, 0.717) is 25.0 Å². The van der Waals surface area contributed by atoms with Crippen LogP contribution in [0.4, 0.5) is 10.2 Å². The van der Waals surface area contributed by atoms with Crippen LogP contribution in [0.15, 0.2) is 18.3 Å². The first-order chi connectivity index (χ1) is 10.1. The van der Waals surface area contributed by atoms with Crippen molar-refractivity contribution in [1.29, 1.82) is 0 Å². The number of rotatable bonds is 2. The van der Waals surface area contributed by atoms with Crippen LogP contribution in [0.5, 0.6) is 0 Å². The molecule has 0 aromatic carbocycles. The van der Waals surface area contributed by atoms with Crippen molar-refractivity contribution in [3.8, 4) is 0 Å². The van der Waals surface area contributed by atoms with Crippen LogP contribution < -0.4 is 10.6 Å². The van der Waals surface area contributed by atoms with Crippen LogP contribution in [0.3, 0.4) is 0 Å². The Labute approximate surface area is 120 Å². The Morgan fingerprint density at radius 1 is 1.43 bits per heavy atom. The van der Waals surface area contributed by atoms with Gasteiger partial charge in [-0.05, 0) is 12.1 Å². The second kappa shape index (κ2) is 3.37. The Bertz CT molecular complexity index is 777. The number of pyridine rings is 1. The zero-order valence-corrected chi connectivity index (χ0v) is 11.4. The standard InChI is InChI=1S/C15H15FN4O/c16-14-6-15(7-14,8-14)19-13(21)10-5-9-1-2-17-12-11(9)20(10)4-3-18-12/h1-2,5H,3-4,6-8H2,(H,17,18)(H,19,21). The Morgan fingerprint density at radius 3 is 3.00 bits per heavy atom. The van der Waals surface area contributed by atoms with E-state index in [2.05, 4.69) is 15.6 Å². The monoisotopic (exact) mass is 286 g/mol. The quantitative estimate of drug-likeness (QED) is 0.885. The summed E-state index contributed by atoms with van der Waals surface area (Å²) in [5.74, 6) is 0.729. The molecule has 21 heavy (non-hydrogen) atoms. The third-order valence-electron chi connectivity index (χ3n) is 5.01. The average molecular weight is 286 g/mol. The fraction of sp³-hybridized carbons (Fsp3) is 0.467. The minimum absolute atomic E-state index is 0.0965. The van der Waals surface area contributed by atoms with Crippen molar-refractivity contribution in [3.05, 3.63) is 24.0 Å². The molecule has 0 unspecified atom stereocenters. The summed E-state index contributed by atoms with van der Waals surface area (Å²) in [6.07, 6.45) is 3.16. The predicted molar refractivity (Wildman–Crippen MR) is 76.1 cm³/mol. The minimum atomic E-state index is -0.994. The number of carbonyl (C=O) groups excluding carboxylic acids is 1. The Hall–Kier alpha value is -2.11. The molecule has 3 heterocycles. The maximum Gasteiger partial charge on any atom is 0.268 e. The van der Waals surface area contributed by atoms with E-state index in [1.165, 1.54) is 0 Å². The Balaban J connectivity index is 1.53. The number of anilines is 1. The number of amides is 1. The van der Waals surface area contributed by atoms with E-state index in [1.54, 1.807) is 6.20 Å². The maximum absolute atomic E-state index is 13.6. The van der Waals surface area contributed by atoms with Crippen LogP contribution in [0.25, 0.3) is 10.9 Å². The molecule has 108 valence electrons. The molecule has 2 aromatic heterocycles. The van der Waals surface area contributed by atoms with Crippen LogP contribution in [-0.4, -0.2) is 33.2 Å². The van der Waals surface area contributed by atoms with Crippen LogP contribution >= 0.6 is 0 Å². The van der Waals surface area contributed by atoms with Crippen molar-refractivity contribution < 1.29 is 9.18 Å². The van der Waals surface area contributed by atoms with Crippen molar-refractivity contribution in [3.63, 3.8) is 0 Å². The highest BCUT2D eigenvalue weighted by Crippen LogP contribution is 2.62. The first-order valence-electron chi connectivity index (χ1n) is 7.31. The van der Waals surface area contributed by atoms with Crippen molar-refractivity contribution in [2.24, 2.45) is 0 Å². The molecule has 0 spiro atoms. The van der Waals surface area contributed by atoms with E-state index >= 15 is 0 Å². The molecule has 2 bridgehead atoms.